The Labute approximate surface area is 108 Å². The Morgan fingerprint density at radius 2 is 2.29 bits per heavy atom. The molecule has 0 aromatic carbocycles. The number of aromatic nitrogens is 1. The van der Waals surface area contributed by atoms with E-state index in [1.54, 1.807) is 0 Å². The highest BCUT2D eigenvalue weighted by molar-refractivity contribution is 7.99. The maximum absolute atomic E-state index is 5.99. The van der Waals surface area contributed by atoms with Crippen LogP contribution in [0.2, 0.25) is 0 Å². The molecule has 1 heterocycles. The van der Waals surface area contributed by atoms with Gasteiger partial charge in [-0.05, 0) is 31.7 Å². The third-order valence-corrected chi connectivity index (χ3v) is 4.78. The molecular formula is C14H22N2S. The minimum Gasteiger partial charge on any atom is -0.324 e. The molecule has 3 atom stereocenters. The van der Waals surface area contributed by atoms with Gasteiger partial charge < -0.3 is 5.73 Å². The third kappa shape index (κ3) is 3.46. The van der Waals surface area contributed by atoms with Crippen molar-refractivity contribution in [3.05, 3.63) is 23.9 Å². The van der Waals surface area contributed by atoms with E-state index in [0.29, 0.717) is 0 Å². The van der Waals surface area contributed by atoms with Crippen molar-refractivity contribution in [2.75, 3.05) is 0 Å². The number of nitrogens with two attached hydrogens (primary N) is 1. The van der Waals surface area contributed by atoms with E-state index in [9.17, 15) is 0 Å². The van der Waals surface area contributed by atoms with Gasteiger partial charge in [-0.1, -0.05) is 25.8 Å². The minimum absolute atomic E-state index is 0.0761. The first-order valence-electron chi connectivity index (χ1n) is 6.54. The Morgan fingerprint density at radius 3 is 3.00 bits per heavy atom. The van der Waals surface area contributed by atoms with Crippen molar-refractivity contribution in [2.45, 2.75) is 55.8 Å². The Kier molecular flexibility index (Phi) is 4.46. The highest BCUT2D eigenvalue weighted by Crippen LogP contribution is 2.37. The normalized spacial score (nSPS) is 26.8. The molecule has 94 valence electrons. The summed E-state index contributed by atoms with van der Waals surface area (Å²) < 4.78 is 0. The van der Waals surface area contributed by atoms with Crippen molar-refractivity contribution in [1.29, 1.82) is 0 Å². The Hall–Kier alpha value is -0.540. The molecule has 0 saturated heterocycles. The Bertz CT molecular complexity index is 365. The average molecular weight is 250 g/mol. The number of hydrogen-bond acceptors (Lipinski definition) is 3. The SMILES string of the molecule is CC1CCCC(Sc2ncccc2[C@H](C)N)C1. The van der Waals surface area contributed by atoms with Crippen molar-refractivity contribution in [3.63, 3.8) is 0 Å². The molecule has 2 rings (SSSR count). The number of rotatable bonds is 3. The fourth-order valence-corrected chi connectivity index (χ4v) is 4.03. The Morgan fingerprint density at radius 1 is 1.47 bits per heavy atom. The quantitative estimate of drug-likeness (QED) is 0.887. The van der Waals surface area contributed by atoms with Crippen molar-refractivity contribution >= 4 is 11.8 Å². The first-order valence-corrected chi connectivity index (χ1v) is 7.42. The molecule has 1 fully saturated rings. The maximum Gasteiger partial charge on any atom is 0.101 e. The fourth-order valence-electron chi connectivity index (χ4n) is 2.49. The summed E-state index contributed by atoms with van der Waals surface area (Å²) in [5.74, 6) is 0.865. The predicted octanol–water partition coefficient (Wildman–Crippen LogP) is 3.77. The van der Waals surface area contributed by atoms with E-state index in [4.69, 9.17) is 5.73 Å². The summed E-state index contributed by atoms with van der Waals surface area (Å²) >= 11 is 1.93. The van der Waals surface area contributed by atoms with Crippen molar-refractivity contribution in [1.82, 2.24) is 4.98 Å². The zero-order valence-corrected chi connectivity index (χ0v) is 11.5. The van der Waals surface area contributed by atoms with Crippen LogP contribution >= 0.6 is 11.8 Å². The number of thioether (sulfide) groups is 1. The second-order valence-electron chi connectivity index (χ2n) is 5.20. The lowest BCUT2D eigenvalue weighted by molar-refractivity contribution is 0.394. The molecule has 1 saturated carbocycles. The standard InChI is InChI=1S/C14H22N2S/c1-10-5-3-6-12(9-10)17-14-13(11(2)15)7-4-8-16-14/h4,7-8,10-12H,3,5-6,9,15H2,1-2H3/t10?,11-,12?/m0/s1. The van der Waals surface area contributed by atoms with E-state index in [1.165, 1.54) is 31.2 Å². The van der Waals surface area contributed by atoms with E-state index < -0.39 is 0 Å². The lowest BCUT2D eigenvalue weighted by Crippen LogP contribution is -2.16. The summed E-state index contributed by atoms with van der Waals surface area (Å²) in [6.07, 6.45) is 7.27. The van der Waals surface area contributed by atoms with Gasteiger partial charge in [0.25, 0.3) is 0 Å². The second kappa shape index (κ2) is 5.87. The van der Waals surface area contributed by atoms with Gasteiger partial charge >= 0.3 is 0 Å². The van der Waals surface area contributed by atoms with Gasteiger partial charge in [-0.15, -0.1) is 11.8 Å². The molecule has 0 amide bonds. The molecular weight excluding hydrogens is 228 g/mol. The van der Waals surface area contributed by atoms with Gasteiger partial charge in [-0.2, -0.15) is 0 Å². The third-order valence-electron chi connectivity index (χ3n) is 3.46. The molecule has 1 aromatic rings. The van der Waals surface area contributed by atoms with Crippen LogP contribution in [0.3, 0.4) is 0 Å². The second-order valence-corrected chi connectivity index (χ2v) is 6.49. The summed E-state index contributed by atoms with van der Waals surface area (Å²) in [4.78, 5) is 4.50. The summed E-state index contributed by atoms with van der Waals surface area (Å²) in [6, 6.07) is 4.16. The first kappa shape index (κ1) is 12.9. The highest BCUT2D eigenvalue weighted by Gasteiger charge is 2.21. The summed E-state index contributed by atoms with van der Waals surface area (Å²) in [5.41, 5.74) is 7.18. The molecule has 1 aromatic heterocycles. The van der Waals surface area contributed by atoms with Crippen LogP contribution in [0.4, 0.5) is 0 Å². The monoisotopic (exact) mass is 250 g/mol. The van der Waals surface area contributed by atoms with E-state index in [2.05, 4.69) is 18.0 Å². The van der Waals surface area contributed by atoms with Crippen LogP contribution in [0.25, 0.3) is 0 Å². The topological polar surface area (TPSA) is 38.9 Å². The van der Waals surface area contributed by atoms with E-state index in [1.807, 2.05) is 30.9 Å². The van der Waals surface area contributed by atoms with Gasteiger partial charge in [0.1, 0.15) is 5.03 Å². The number of nitrogens with zero attached hydrogens (tertiary/aromatic N) is 1. The van der Waals surface area contributed by atoms with Crippen LogP contribution in [-0.4, -0.2) is 10.2 Å². The maximum atomic E-state index is 5.99. The van der Waals surface area contributed by atoms with Gasteiger partial charge in [0.15, 0.2) is 0 Å². The molecule has 2 unspecified atom stereocenters. The van der Waals surface area contributed by atoms with Crippen molar-refractivity contribution in [2.24, 2.45) is 11.7 Å². The predicted molar refractivity (Wildman–Crippen MR) is 74.1 cm³/mol. The molecule has 0 radical (unpaired) electrons. The van der Waals surface area contributed by atoms with Gasteiger partial charge in [-0.3, -0.25) is 0 Å². The highest BCUT2D eigenvalue weighted by atomic mass is 32.2. The molecule has 0 spiro atoms. The van der Waals surface area contributed by atoms with E-state index in [0.717, 1.165) is 16.2 Å². The molecule has 1 aliphatic rings. The zero-order valence-electron chi connectivity index (χ0n) is 10.7. The van der Waals surface area contributed by atoms with E-state index >= 15 is 0 Å². The molecule has 2 N–H and O–H groups in total. The zero-order chi connectivity index (χ0) is 12.3. The lowest BCUT2D eigenvalue weighted by Gasteiger charge is -2.26. The summed E-state index contributed by atoms with van der Waals surface area (Å²) in [5, 5.41) is 1.87. The molecule has 0 bridgehead atoms. The Balaban J connectivity index is 2.07. The number of hydrogen-bond donors (Lipinski definition) is 1. The molecule has 1 aliphatic carbocycles. The van der Waals surface area contributed by atoms with Crippen LogP contribution in [-0.2, 0) is 0 Å². The van der Waals surface area contributed by atoms with Crippen LogP contribution in [0.1, 0.15) is 51.1 Å². The molecule has 2 nitrogen and oxygen atoms in total. The minimum atomic E-state index is 0.0761. The summed E-state index contributed by atoms with van der Waals surface area (Å²) in [6.45, 7) is 4.39. The molecule has 0 aliphatic heterocycles. The number of pyridine rings is 1. The van der Waals surface area contributed by atoms with Gasteiger partial charge in [0.05, 0.1) is 0 Å². The average Bonchev–Trinajstić information content (AvgIpc) is 2.29. The van der Waals surface area contributed by atoms with E-state index in [-0.39, 0.29) is 6.04 Å². The van der Waals surface area contributed by atoms with Crippen molar-refractivity contribution < 1.29 is 0 Å². The van der Waals surface area contributed by atoms with Gasteiger partial charge in [0, 0.05) is 23.1 Å². The molecule has 17 heavy (non-hydrogen) atoms. The van der Waals surface area contributed by atoms with Gasteiger partial charge in [-0.25, -0.2) is 4.98 Å². The lowest BCUT2D eigenvalue weighted by atomic mass is 9.91. The van der Waals surface area contributed by atoms with Gasteiger partial charge in [0.2, 0.25) is 0 Å². The van der Waals surface area contributed by atoms with Crippen LogP contribution in [0, 0.1) is 5.92 Å². The smallest absolute Gasteiger partial charge is 0.101 e. The molecule has 3 heteroatoms. The van der Waals surface area contributed by atoms with Crippen LogP contribution < -0.4 is 5.73 Å². The van der Waals surface area contributed by atoms with Crippen LogP contribution in [0.5, 0.6) is 0 Å². The fraction of sp³-hybridized carbons (Fsp3) is 0.643. The summed E-state index contributed by atoms with van der Waals surface area (Å²) in [7, 11) is 0. The largest absolute Gasteiger partial charge is 0.324 e. The van der Waals surface area contributed by atoms with Crippen LogP contribution in [0.15, 0.2) is 23.4 Å². The van der Waals surface area contributed by atoms with Crippen molar-refractivity contribution in [3.8, 4) is 0 Å². The first-order chi connectivity index (χ1) is 8.16.